The van der Waals surface area contributed by atoms with E-state index in [1.165, 1.54) is 12.1 Å². The minimum absolute atomic E-state index is 0.131. The van der Waals surface area contributed by atoms with Crippen LogP contribution in [0.4, 0.5) is 0 Å². The van der Waals surface area contributed by atoms with Crippen molar-refractivity contribution in [2.24, 2.45) is 0 Å². The van der Waals surface area contributed by atoms with E-state index in [-0.39, 0.29) is 27.3 Å². The van der Waals surface area contributed by atoms with Crippen LogP contribution < -0.4 is 4.72 Å². The van der Waals surface area contributed by atoms with Gasteiger partial charge in [0, 0.05) is 4.47 Å². The number of carboxylic acids is 1. The largest absolute Gasteiger partial charge is 0.478 e. The maximum Gasteiger partial charge on any atom is 0.335 e. The maximum absolute atomic E-state index is 12.1. The first kappa shape index (κ1) is 14.6. The van der Waals surface area contributed by atoms with Crippen LogP contribution in [0.25, 0.3) is 0 Å². The van der Waals surface area contributed by atoms with E-state index >= 15 is 0 Å². The summed E-state index contributed by atoms with van der Waals surface area (Å²) in [6, 6.07) is 3.71. The number of hydrogen-bond donors (Lipinski definition) is 2. The summed E-state index contributed by atoms with van der Waals surface area (Å²) in [5.74, 6) is -1.05. The van der Waals surface area contributed by atoms with Crippen LogP contribution in [-0.4, -0.2) is 29.6 Å². The van der Waals surface area contributed by atoms with E-state index in [2.05, 4.69) is 35.3 Å². The number of halogens is 1. The number of benzene rings is 1. The van der Waals surface area contributed by atoms with E-state index in [1.54, 1.807) is 0 Å². The van der Waals surface area contributed by atoms with Gasteiger partial charge < -0.3 is 9.63 Å². The Hall–Kier alpha value is -1.78. The van der Waals surface area contributed by atoms with Crippen molar-refractivity contribution < 1.29 is 22.8 Å². The Kier molecular flexibility index (Phi) is 4.16. The van der Waals surface area contributed by atoms with Gasteiger partial charge in [0.2, 0.25) is 16.4 Å². The molecule has 0 atom stereocenters. The van der Waals surface area contributed by atoms with Crippen molar-refractivity contribution in [3.63, 3.8) is 0 Å². The van der Waals surface area contributed by atoms with Gasteiger partial charge in [-0.05, 0) is 34.1 Å². The second-order valence-corrected chi connectivity index (χ2v) is 6.21. The second kappa shape index (κ2) is 5.69. The Labute approximate surface area is 122 Å². The minimum atomic E-state index is -3.90. The molecule has 1 aromatic carbocycles. The number of nitrogens with one attached hydrogen (secondary N) is 1. The fraction of sp³-hybridized carbons (Fsp3) is 0.100. The van der Waals surface area contributed by atoms with Crippen LogP contribution in [0.5, 0.6) is 0 Å². The summed E-state index contributed by atoms with van der Waals surface area (Å²) in [6.45, 7) is -0.164. The first-order chi connectivity index (χ1) is 9.40. The molecule has 0 saturated heterocycles. The molecule has 0 spiro atoms. The van der Waals surface area contributed by atoms with Crippen LogP contribution >= 0.6 is 15.9 Å². The summed E-state index contributed by atoms with van der Waals surface area (Å²) in [7, 11) is -3.90. The molecule has 10 heteroatoms. The molecule has 1 aromatic heterocycles. The molecule has 1 heterocycles. The average Bonchev–Trinajstić information content (AvgIpc) is 2.89. The van der Waals surface area contributed by atoms with Crippen molar-refractivity contribution in [3.8, 4) is 0 Å². The molecule has 0 fully saturated rings. The molecule has 0 bridgehead atoms. The Balaban J connectivity index is 2.28. The molecule has 2 rings (SSSR count). The number of hydrogen-bond acceptors (Lipinski definition) is 6. The maximum atomic E-state index is 12.1. The highest BCUT2D eigenvalue weighted by Crippen LogP contribution is 2.23. The Morgan fingerprint density at radius 1 is 1.45 bits per heavy atom. The third-order valence-corrected chi connectivity index (χ3v) is 4.69. The Morgan fingerprint density at radius 3 is 2.80 bits per heavy atom. The van der Waals surface area contributed by atoms with Crippen LogP contribution in [0.3, 0.4) is 0 Å². The van der Waals surface area contributed by atoms with Crippen molar-refractivity contribution in [2.45, 2.75) is 11.4 Å². The molecule has 106 valence electrons. The van der Waals surface area contributed by atoms with E-state index in [9.17, 15) is 13.2 Å². The minimum Gasteiger partial charge on any atom is -0.478 e. The predicted octanol–water partition coefficient (Wildman–Crippen LogP) is 1.01. The molecule has 0 amide bonds. The molecule has 20 heavy (non-hydrogen) atoms. The zero-order chi connectivity index (χ0) is 14.8. The monoisotopic (exact) mass is 361 g/mol. The third-order valence-electron chi connectivity index (χ3n) is 2.29. The number of nitrogens with zero attached hydrogens (tertiary/aromatic N) is 2. The molecule has 0 aliphatic heterocycles. The summed E-state index contributed by atoms with van der Waals surface area (Å²) in [4.78, 5) is 14.4. The Morgan fingerprint density at radius 2 is 2.20 bits per heavy atom. The van der Waals surface area contributed by atoms with Crippen molar-refractivity contribution >= 4 is 31.9 Å². The molecular weight excluding hydrogens is 354 g/mol. The van der Waals surface area contributed by atoms with Gasteiger partial charge in [-0.15, -0.1) is 0 Å². The number of rotatable bonds is 5. The van der Waals surface area contributed by atoms with Crippen molar-refractivity contribution in [2.75, 3.05) is 0 Å². The first-order valence-corrected chi connectivity index (χ1v) is 7.45. The average molecular weight is 362 g/mol. The molecule has 0 aliphatic carbocycles. The summed E-state index contributed by atoms with van der Waals surface area (Å²) < 4.78 is 31.2. The lowest BCUT2D eigenvalue weighted by Crippen LogP contribution is -2.24. The fourth-order valence-electron chi connectivity index (χ4n) is 1.35. The summed E-state index contributed by atoms with van der Waals surface area (Å²) in [6.07, 6.45) is 1.07. The molecular formula is C10H8BrN3O5S. The highest BCUT2D eigenvalue weighted by Gasteiger charge is 2.20. The number of aromatic nitrogens is 2. The quantitative estimate of drug-likeness (QED) is 0.814. The third kappa shape index (κ3) is 3.21. The van der Waals surface area contributed by atoms with E-state index in [0.29, 0.717) is 0 Å². The van der Waals surface area contributed by atoms with E-state index < -0.39 is 16.0 Å². The smallest absolute Gasteiger partial charge is 0.335 e. The predicted molar refractivity (Wildman–Crippen MR) is 69.4 cm³/mol. The van der Waals surface area contributed by atoms with Crippen LogP contribution in [-0.2, 0) is 16.6 Å². The lowest BCUT2D eigenvalue weighted by molar-refractivity contribution is 0.0696. The highest BCUT2D eigenvalue weighted by molar-refractivity contribution is 9.10. The van der Waals surface area contributed by atoms with Gasteiger partial charge in [-0.2, -0.15) is 4.98 Å². The van der Waals surface area contributed by atoms with Crippen molar-refractivity contribution in [3.05, 3.63) is 40.5 Å². The summed E-state index contributed by atoms with van der Waals surface area (Å²) in [5, 5.41) is 12.3. The zero-order valence-corrected chi connectivity index (χ0v) is 12.2. The SMILES string of the molecule is O=C(O)c1ccc(Br)c(S(=O)(=O)NCc2ncon2)c1. The topological polar surface area (TPSA) is 122 Å². The molecule has 0 saturated carbocycles. The van der Waals surface area contributed by atoms with E-state index in [1.807, 2.05) is 0 Å². The van der Waals surface area contributed by atoms with Gasteiger partial charge in [0.25, 0.3) is 0 Å². The zero-order valence-electron chi connectivity index (χ0n) is 9.78. The Bertz CT molecular complexity index is 729. The van der Waals surface area contributed by atoms with Crippen LogP contribution in [0.15, 0.2) is 38.5 Å². The highest BCUT2D eigenvalue weighted by atomic mass is 79.9. The van der Waals surface area contributed by atoms with Gasteiger partial charge in [0.1, 0.15) is 0 Å². The van der Waals surface area contributed by atoms with Gasteiger partial charge in [0.05, 0.1) is 17.0 Å². The molecule has 0 aliphatic rings. The van der Waals surface area contributed by atoms with E-state index in [4.69, 9.17) is 5.11 Å². The van der Waals surface area contributed by atoms with E-state index in [0.717, 1.165) is 12.5 Å². The van der Waals surface area contributed by atoms with Gasteiger partial charge in [-0.25, -0.2) is 17.9 Å². The molecule has 0 unspecified atom stereocenters. The normalized spacial score (nSPS) is 11.4. The summed E-state index contributed by atoms with van der Waals surface area (Å²) >= 11 is 3.07. The van der Waals surface area contributed by atoms with Gasteiger partial charge >= 0.3 is 5.97 Å². The van der Waals surface area contributed by atoms with Crippen molar-refractivity contribution in [1.82, 2.24) is 14.9 Å². The van der Waals surface area contributed by atoms with Crippen LogP contribution in [0, 0.1) is 0 Å². The number of carbonyl (C=O) groups is 1. The lowest BCUT2D eigenvalue weighted by atomic mass is 10.2. The number of sulfonamides is 1. The molecule has 2 N–H and O–H groups in total. The second-order valence-electron chi connectivity index (χ2n) is 3.62. The lowest BCUT2D eigenvalue weighted by Gasteiger charge is -2.08. The van der Waals surface area contributed by atoms with Gasteiger partial charge in [-0.1, -0.05) is 5.16 Å². The van der Waals surface area contributed by atoms with Gasteiger partial charge in [0.15, 0.2) is 5.82 Å². The van der Waals surface area contributed by atoms with Crippen molar-refractivity contribution in [1.29, 1.82) is 0 Å². The number of aromatic carboxylic acids is 1. The fourth-order valence-corrected chi connectivity index (χ4v) is 3.32. The standard InChI is InChI=1S/C10H8BrN3O5S/c11-7-2-1-6(10(15)16)3-8(7)20(17,18)13-4-9-12-5-19-14-9/h1-3,5,13H,4H2,(H,15,16). The number of carboxylic acid groups (broad SMARTS) is 1. The molecule has 0 radical (unpaired) electrons. The van der Waals surface area contributed by atoms with Gasteiger partial charge in [-0.3, -0.25) is 0 Å². The summed E-state index contributed by atoms with van der Waals surface area (Å²) in [5.41, 5.74) is -0.131. The molecule has 2 aromatic rings. The van der Waals surface area contributed by atoms with Crippen LogP contribution in [0.1, 0.15) is 16.2 Å². The van der Waals surface area contributed by atoms with Crippen LogP contribution in [0.2, 0.25) is 0 Å². The molecule has 8 nitrogen and oxygen atoms in total. The first-order valence-electron chi connectivity index (χ1n) is 5.18.